The van der Waals surface area contributed by atoms with Crippen LogP contribution in [0.25, 0.3) is 11.2 Å². The average molecular weight is 383 g/mol. The molecule has 2 aromatic heterocycles. The Kier molecular flexibility index (Phi) is 5.00. The van der Waals surface area contributed by atoms with Gasteiger partial charge < -0.3 is 20.7 Å². The number of nitrogens with zero attached hydrogens (tertiary/aromatic N) is 3. The second-order valence-electron chi connectivity index (χ2n) is 7.37. The third-order valence-corrected chi connectivity index (χ3v) is 6.04. The number of hydrogen-bond donors (Lipinski definition) is 4. The Labute approximate surface area is 151 Å². The second-order valence-corrected chi connectivity index (χ2v) is 11.7. The number of nitrogen functional groups attached to an aromatic ring is 1. The van der Waals surface area contributed by atoms with Crippen LogP contribution in [0, 0.1) is 0 Å². The highest BCUT2D eigenvalue weighted by Crippen LogP contribution is 2.40. The number of fused-ring (bicyclic) bond motifs is 1. The van der Waals surface area contributed by atoms with Gasteiger partial charge in [0.1, 0.15) is 18.0 Å². The number of aromatic nitrogens is 4. The number of hydrogen-bond acceptors (Lipinski definition) is 7. The molecule has 10 heteroatoms. The molecule has 0 amide bonds. The molecule has 9 nitrogen and oxygen atoms in total. The molecule has 0 aromatic carbocycles. The first-order chi connectivity index (χ1) is 12.1. The molecule has 0 saturated carbocycles. The van der Waals surface area contributed by atoms with Gasteiger partial charge >= 0.3 is 0 Å². The Bertz CT molecular complexity index is 917. The first-order valence-electron chi connectivity index (χ1n) is 8.58. The van der Waals surface area contributed by atoms with Crippen molar-refractivity contribution in [2.45, 2.75) is 44.3 Å². The normalized spacial score (nSPS) is 26.7. The summed E-state index contributed by atoms with van der Waals surface area (Å²) in [6.07, 6.45) is 2.52. The quantitative estimate of drug-likeness (QED) is 0.532. The summed E-state index contributed by atoms with van der Waals surface area (Å²) in [6.45, 7) is 4.82. The van der Waals surface area contributed by atoms with Crippen LogP contribution in [-0.2, 0) is 11.2 Å². The van der Waals surface area contributed by atoms with Gasteiger partial charge in [0.2, 0.25) is 5.95 Å². The van der Waals surface area contributed by atoms with Crippen molar-refractivity contribution < 1.29 is 14.9 Å². The van der Waals surface area contributed by atoms with Gasteiger partial charge in [-0.2, -0.15) is 4.98 Å². The number of ether oxygens (including phenoxy) is 1. The molecule has 1 aliphatic rings. The molecule has 26 heavy (non-hydrogen) atoms. The minimum absolute atomic E-state index is 0.0421. The van der Waals surface area contributed by atoms with Crippen LogP contribution in [0.5, 0.6) is 0 Å². The Morgan fingerprint density at radius 1 is 1.35 bits per heavy atom. The molecule has 4 atom stereocenters. The van der Waals surface area contributed by atoms with Gasteiger partial charge in [-0.05, 0) is 25.9 Å². The number of aromatic amines is 1. The van der Waals surface area contributed by atoms with Crippen molar-refractivity contribution in [2.75, 3.05) is 25.2 Å². The minimum atomic E-state index is -1.28. The van der Waals surface area contributed by atoms with Gasteiger partial charge in [-0.3, -0.25) is 14.3 Å². The molecule has 3 rings (SSSR count). The molecular formula is C16H26N5O4P. The fourth-order valence-corrected chi connectivity index (χ4v) is 4.17. The summed E-state index contributed by atoms with van der Waals surface area (Å²) in [4.78, 5) is 23.0. The smallest absolute Gasteiger partial charge is 0.280 e. The van der Waals surface area contributed by atoms with Gasteiger partial charge in [-0.15, -0.1) is 13.2 Å². The number of anilines is 1. The first-order valence-corrected chi connectivity index (χ1v) is 11.6. The van der Waals surface area contributed by atoms with Crippen molar-refractivity contribution >= 4 is 30.3 Å². The minimum Gasteiger partial charge on any atom is -0.388 e. The molecule has 1 saturated heterocycles. The number of aliphatic hydroxyl groups is 2. The van der Waals surface area contributed by atoms with Crippen LogP contribution >= 0.6 is 6.89 Å². The van der Waals surface area contributed by atoms with E-state index in [1.807, 2.05) is 6.92 Å². The largest absolute Gasteiger partial charge is 0.388 e. The summed E-state index contributed by atoms with van der Waals surface area (Å²) in [5.74, 6) is 0.491. The number of nitrogens with two attached hydrogens (primary N) is 1. The fourth-order valence-electron chi connectivity index (χ4n) is 3.22. The number of rotatable bonds is 5. The van der Waals surface area contributed by atoms with Gasteiger partial charge in [0, 0.05) is 6.42 Å². The summed E-state index contributed by atoms with van der Waals surface area (Å²) in [5.41, 5.74) is 5.59. The number of aliphatic hydroxyl groups excluding tert-OH is 2. The molecule has 5 N–H and O–H groups in total. The van der Waals surface area contributed by atoms with E-state index in [-0.39, 0.29) is 17.1 Å². The van der Waals surface area contributed by atoms with Gasteiger partial charge in [0.15, 0.2) is 17.4 Å². The average Bonchev–Trinajstić information content (AvgIpc) is 3.04. The Hall–Kier alpha value is -1.67. The molecule has 2 aromatic rings. The van der Waals surface area contributed by atoms with E-state index in [2.05, 4.69) is 34.6 Å². The van der Waals surface area contributed by atoms with Gasteiger partial charge in [-0.1, -0.05) is 6.92 Å². The van der Waals surface area contributed by atoms with Crippen molar-refractivity contribution in [1.29, 1.82) is 0 Å². The standard InChI is InChI=1S/C16H26N5O4P/c1-5-9-18-10-13(19-16(17)20-14(10)24)21(9)15-12(23)11(22)8(25-15)6-7-26(2,3)4/h8,11-12,15,22-23H,2,5-7H2,1,3-4H3,(H3,17,19,20,24)/t8-,11-,12-,15?/m1/s1. The predicted molar refractivity (Wildman–Crippen MR) is 103 cm³/mol. The molecule has 0 bridgehead atoms. The van der Waals surface area contributed by atoms with Crippen LogP contribution in [-0.4, -0.2) is 73.8 Å². The topological polar surface area (TPSA) is 139 Å². The predicted octanol–water partition coefficient (Wildman–Crippen LogP) is -0.0173. The highest BCUT2D eigenvalue weighted by Gasteiger charge is 2.44. The zero-order valence-corrected chi connectivity index (χ0v) is 16.1. The molecule has 0 aliphatic carbocycles. The van der Waals surface area contributed by atoms with Gasteiger partial charge in [0.25, 0.3) is 5.56 Å². The molecule has 144 valence electrons. The fraction of sp³-hybridized carbons (Fsp3) is 0.625. The van der Waals surface area contributed by atoms with E-state index in [1.165, 1.54) is 0 Å². The highest BCUT2D eigenvalue weighted by atomic mass is 31.2. The number of nitrogens with one attached hydrogen (secondary N) is 1. The third-order valence-electron chi connectivity index (χ3n) is 4.57. The number of H-pyrrole nitrogens is 1. The van der Waals surface area contributed by atoms with Gasteiger partial charge in [0.05, 0.1) is 6.10 Å². The Morgan fingerprint density at radius 2 is 2.04 bits per heavy atom. The van der Waals surface area contributed by atoms with Crippen LogP contribution in [0.1, 0.15) is 25.4 Å². The van der Waals surface area contributed by atoms with E-state index in [9.17, 15) is 15.0 Å². The van der Waals surface area contributed by atoms with E-state index in [4.69, 9.17) is 10.5 Å². The molecule has 1 unspecified atom stereocenters. The number of imidazole rings is 1. The molecule has 1 aliphatic heterocycles. The maximum atomic E-state index is 12.1. The monoisotopic (exact) mass is 383 g/mol. The van der Waals surface area contributed by atoms with Crippen molar-refractivity contribution in [3.63, 3.8) is 0 Å². The van der Waals surface area contributed by atoms with Crippen molar-refractivity contribution in [1.82, 2.24) is 19.5 Å². The van der Waals surface area contributed by atoms with Crippen molar-refractivity contribution in [3.05, 3.63) is 16.2 Å². The van der Waals surface area contributed by atoms with E-state index in [1.54, 1.807) is 4.57 Å². The lowest BCUT2D eigenvalue weighted by atomic mass is 10.1. The van der Waals surface area contributed by atoms with Crippen LogP contribution in [0.2, 0.25) is 0 Å². The second kappa shape index (κ2) is 6.81. The zero-order chi connectivity index (χ0) is 19.2. The van der Waals surface area contributed by atoms with Crippen molar-refractivity contribution in [3.8, 4) is 0 Å². The maximum Gasteiger partial charge on any atom is 0.280 e. The van der Waals surface area contributed by atoms with E-state index in [0.29, 0.717) is 18.7 Å². The molecule has 0 radical (unpaired) electrons. The Balaban J connectivity index is 2.01. The van der Waals surface area contributed by atoms with Gasteiger partial charge in [-0.25, -0.2) is 4.98 Å². The van der Waals surface area contributed by atoms with Crippen LogP contribution < -0.4 is 11.3 Å². The van der Waals surface area contributed by atoms with Crippen LogP contribution in [0.15, 0.2) is 4.79 Å². The first kappa shape index (κ1) is 19.1. The highest BCUT2D eigenvalue weighted by molar-refractivity contribution is 7.72. The summed E-state index contributed by atoms with van der Waals surface area (Å²) < 4.78 is 7.54. The molecule has 1 fully saturated rings. The molecular weight excluding hydrogens is 357 g/mol. The maximum absolute atomic E-state index is 12.1. The lowest BCUT2D eigenvalue weighted by molar-refractivity contribution is -0.0367. The van der Waals surface area contributed by atoms with E-state index < -0.39 is 37.0 Å². The zero-order valence-electron chi connectivity index (χ0n) is 15.2. The molecule has 3 heterocycles. The summed E-state index contributed by atoms with van der Waals surface area (Å²) in [5, 5.41) is 21.0. The lowest BCUT2D eigenvalue weighted by Crippen LogP contribution is -2.32. The summed E-state index contributed by atoms with van der Waals surface area (Å²) in [7, 11) is 0. The summed E-state index contributed by atoms with van der Waals surface area (Å²) >= 11 is 0. The van der Waals surface area contributed by atoms with Crippen LogP contribution in [0.3, 0.4) is 0 Å². The van der Waals surface area contributed by atoms with Crippen LogP contribution in [0.4, 0.5) is 5.95 Å². The van der Waals surface area contributed by atoms with E-state index >= 15 is 0 Å². The summed E-state index contributed by atoms with van der Waals surface area (Å²) in [6, 6.07) is 0. The molecule has 0 spiro atoms. The van der Waals surface area contributed by atoms with E-state index in [0.717, 1.165) is 6.16 Å². The van der Waals surface area contributed by atoms with Crippen molar-refractivity contribution in [2.24, 2.45) is 0 Å². The third kappa shape index (κ3) is 3.44. The Morgan fingerprint density at radius 3 is 2.65 bits per heavy atom. The number of aryl methyl sites for hydroxylation is 1. The SMILES string of the molecule is C=P(C)(C)CC[C@H]1OC(n2c(CC)nc3c(=O)[nH]c(N)nc32)[C@H](O)[C@@H]1O. The lowest BCUT2D eigenvalue weighted by Gasteiger charge is -2.19.